The number of piperidine rings is 1. The molecule has 0 bridgehead atoms. The summed E-state index contributed by atoms with van der Waals surface area (Å²) in [4.78, 5) is 27.5. The van der Waals surface area contributed by atoms with Crippen LogP contribution in [0.5, 0.6) is 0 Å². The van der Waals surface area contributed by atoms with Crippen molar-refractivity contribution in [2.75, 3.05) is 24.6 Å². The smallest absolute Gasteiger partial charge is 0.246 e. The molecule has 26 heavy (non-hydrogen) atoms. The van der Waals surface area contributed by atoms with Gasteiger partial charge in [0.25, 0.3) is 0 Å². The van der Waals surface area contributed by atoms with Crippen LogP contribution in [0.3, 0.4) is 0 Å². The average molecular weight is 357 g/mol. The summed E-state index contributed by atoms with van der Waals surface area (Å²) in [5.41, 5.74) is 2.13. The van der Waals surface area contributed by atoms with Gasteiger partial charge in [-0.1, -0.05) is 6.92 Å². The lowest BCUT2D eigenvalue weighted by atomic mass is 9.95. The van der Waals surface area contributed by atoms with Gasteiger partial charge in [0.05, 0.1) is 11.3 Å². The zero-order chi connectivity index (χ0) is 18.7. The Hall–Kier alpha value is -2.28. The zero-order valence-electron chi connectivity index (χ0n) is 15.9. The summed E-state index contributed by atoms with van der Waals surface area (Å²) in [6, 6.07) is 2.05. The molecular formula is C19H27N5O2. The summed E-state index contributed by atoms with van der Waals surface area (Å²) >= 11 is 0. The molecule has 2 atom stereocenters. The van der Waals surface area contributed by atoms with Crippen molar-refractivity contribution in [2.45, 2.75) is 45.8 Å². The highest BCUT2D eigenvalue weighted by molar-refractivity contribution is 5.85. The molecule has 0 aromatic carbocycles. The number of rotatable bonds is 4. The Morgan fingerprint density at radius 3 is 2.73 bits per heavy atom. The molecule has 140 valence electrons. The lowest BCUT2D eigenvalue weighted by Crippen LogP contribution is -2.51. The first kappa shape index (κ1) is 18.5. The third kappa shape index (κ3) is 4.66. The van der Waals surface area contributed by atoms with E-state index in [0.717, 1.165) is 30.7 Å². The fourth-order valence-electron chi connectivity index (χ4n) is 3.32. The van der Waals surface area contributed by atoms with Gasteiger partial charge in [-0.2, -0.15) is 0 Å². The summed E-state index contributed by atoms with van der Waals surface area (Å²) in [6.07, 6.45) is 6.04. The number of fused-ring (bicyclic) bond motifs is 1. The summed E-state index contributed by atoms with van der Waals surface area (Å²) < 4.78 is 5.58. The molecule has 1 N–H and O–H groups in total. The Balaban J connectivity index is 1.71. The van der Waals surface area contributed by atoms with E-state index in [1.54, 1.807) is 18.6 Å². The van der Waals surface area contributed by atoms with E-state index in [1.165, 1.54) is 0 Å². The minimum Gasteiger partial charge on any atom is -0.367 e. The molecule has 3 rings (SSSR count). The molecule has 2 aromatic rings. The van der Waals surface area contributed by atoms with Crippen LogP contribution in [0.15, 0.2) is 24.7 Å². The number of ether oxygens (including phenoxy) is 1. The van der Waals surface area contributed by atoms with Crippen molar-refractivity contribution in [1.29, 1.82) is 0 Å². The highest BCUT2D eigenvalue weighted by Crippen LogP contribution is 2.27. The summed E-state index contributed by atoms with van der Waals surface area (Å²) in [6.45, 7) is 9.77. The maximum absolute atomic E-state index is 12.2. The topological polar surface area (TPSA) is 80.2 Å². The van der Waals surface area contributed by atoms with Gasteiger partial charge in [0.1, 0.15) is 12.1 Å². The SMILES string of the molecule is C[C@H]1C[C@@H](NC(=O)COC(C)(C)C)CN(c2ccnc3nccnc23)C1. The number of carbonyl (C=O) groups is 1. The molecule has 0 aliphatic carbocycles. The van der Waals surface area contributed by atoms with Gasteiger partial charge in [-0.3, -0.25) is 4.79 Å². The van der Waals surface area contributed by atoms with Gasteiger partial charge in [-0.05, 0) is 39.2 Å². The van der Waals surface area contributed by atoms with Gasteiger partial charge in [-0.25, -0.2) is 15.0 Å². The van der Waals surface area contributed by atoms with E-state index in [4.69, 9.17) is 4.74 Å². The van der Waals surface area contributed by atoms with Gasteiger partial charge in [0, 0.05) is 37.7 Å². The second-order valence-corrected chi connectivity index (χ2v) is 7.97. The van der Waals surface area contributed by atoms with Crippen LogP contribution in [0.1, 0.15) is 34.1 Å². The fraction of sp³-hybridized carbons (Fsp3) is 0.579. The Kier molecular flexibility index (Phi) is 5.36. The Labute approximate surface area is 154 Å². The van der Waals surface area contributed by atoms with Crippen molar-refractivity contribution < 1.29 is 9.53 Å². The largest absolute Gasteiger partial charge is 0.367 e. The van der Waals surface area contributed by atoms with E-state index in [-0.39, 0.29) is 24.2 Å². The maximum atomic E-state index is 12.2. The molecule has 7 heteroatoms. The predicted octanol–water partition coefficient (Wildman–Crippen LogP) is 2.17. The van der Waals surface area contributed by atoms with Gasteiger partial charge in [0.2, 0.25) is 5.91 Å². The van der Waals surface area contributed by atoms with Crippen molar-refractivity contribution in [3.8, 4) is 0 Å². The number of aromatic nitrogens is 3. The lowest BCUT2D eigenvalue weighted by Gasteiger charge is -2.38. The first-order chi connectivity index (χ1) is 12.3. The average Bonchev–Trinajstić information content (AvgIpc) is 2.58. The van der Waals surface area contributed by atoms with Crippen molar-refractivity contribution in [1.82, 2.24) is 20.3 Å². The Morgan fingerprint density at radius 2 is 1.96 bits per heavy atom. The second kappa shape index (κ2) is 7.53. The normalized spacial score (nSPS) is 21.0. The monoisotopic (exact) mass is 357 g/mol. The van der Waals surface area contributed by atoms with Gasteiger partial charge < -0.3 is 15.0 Å². The van der Waals surface area contributed by atoms with E-state index in [1.807, 2.05) is 26.8 Å². The molecule has 0 radical (unpaired) electrons. The fourth-order valence-corrected chi connectivity index (χ4v) is 3.32. The van der Waals surface area contributed by atoms with Crippen LogP contribution in [-0.2, 0) is 9.53 Å². The van der Waals surface area contributed by atoms with E-state index < -0.39 is 0 Å². The third-order valence-electron chi connectivity index (χ3n) is 4.35. The van der Waals surface area contributed by atoms with Crippen molar-refractivity contribution in [2.24, 2.45) is 5.92 Å². The summed E-state index contributed by atoms with van der Waals surface area (Å²) in [5.74, 6) is 0.385. The van der Waals surface area contributed by atoms with Crippen LogP contribution < -0.4 is 10.2 Å². The third-order valence-corrected chi connectivity index (χ3v) is 4.35. The number of amides is 1. The minimum absolute atomic E-state index is 0.0710. The van der Waals surface area contributed by atoms with E-state index in [0.29, 0.717) is 11.6 Å². The molecule has 1 saturated heterocycles. The van der Waals surface area contributed by atoms with Crippen LogP contribution in [0.4, 0.5) is 5.69 Å². The zero-order valence-corrected chi connectivity index (χ0v) is 15.9. The first-order valence-electron chi connectivity index (χ1n) is 9.06. The highest BCUT2D eigenvalue weighted by atomic mass is 16.5. The van der Waals surface area contributed by atoms with Crippen molar-refractivity contribution in [3.63, 3.8) is 0 Å². The van der Waals surface area contributed by atoms with Crippen LogP contribution >= 0.6 is 0 Å². The molecule has 3 heterocycles. The van der Waals surface area contributed by atoms with Crippen molar-refractivity contribution >= 4 is 22.8 Å². The van der Waals surface area contributed by atoms with Crippen LogP contribution in [0.25, 0.3) is 11.2 Å². The minimum atomic E-state index is -0.322. The Morgan fingerprint density at radius 1 is 1.23 bits per heavy atom. The molecule has 2 aromatic heterocycles. The summed E-state index contributed by atoms with van der Waals surface area (Å²) in [7, 11) is 0. The van der Waals surface area contributed by atoms with E-state index in [9.17, 15) is 4.79 Å². The van der Waals surface area contributed by atoms with Gasteiger partial charge in [-0.15, -0.1) is 0 Å². The van der Waals surface area contributed by atoms with E-state index in [2.05, 4.69) is 32.1 Å². The van der Waals surface area contributed by atoms with Crippen LogP contribution in [0.2, 0.25) is 0 Å². The number of hydrogen-bond acceptors (Lipinski definition) is 6. The first-order valence-corrected chi connectivity index (χ1v) is 9.06. The second-order valence-electron chi connectivity index (χ2n) is 7.97. The number of hydrogen-bond donors (Lipinski definition) is 1. The Bertz CT molecular complexity index is 769. The molecule has 1 amide bonds. The highest BCUT2D eigenvalue weighted by Gasteiger charge is 2.27. The van der Waals surface area contributed by atoms with Gasteiger partial charge >= 0.3 is 0 Å². The molecule has 1 fully saturated rings. The van der Waals surface area contributed by atoms with Gasteiger partial charge in [0.15, 0.2) is 5.65 Å². The molecule has 7 nitrogen and oxygen atoms in total. The molecule has 0 unspecified atom stereocenters. The van der Waals surface area contributed by atoms with Crippen molar-refractivity contribution in [3.05, 3.63) is 24.7 Å². The summed E-state index contributed by atoms with van der Waals surface area (Å²) in [5, 5.41) is 3.11. The molecule has 0 saturated carbocycles. The molecule has 0 spiro atoms. The van der Waals surface area contributed by atoms with Crippen LogP contribution in [0, 0.1) is 5.92 Å². The standard InChI is InChI=1S/C19H27N5O2/c1-13-9-14(23-16(25)12-26-19(2,3)4)11-24(10-13)15-5-6-21-18-17(15)20-7-8-22-18/h5-8,13-14H,9-12H2,1-4H3,(H,23,25)/t13-,14+/m0/s1. The predicted molar refractivity (Wildman–Crippen MR) is 101 cm³/mol. The number of nitrogens with zero attached hydrogens (tertiary/aromatic N) is 4. The quantitative estimate of drug-likeness (QED) is 0.903. The number of anilines is 1. The van der Waals surface area contributed by atoms with Crippen LogP contribution in [-0.4, -0.2) is 52.2 Å². The number of pyridine rings is 1. The molecular weight excluding hydrogens is 330 g/mol. The molecule has 1 aliphatic heterocycles. The maximum Gasteiger partial charge on any atom is 0.246 e. The number of carbonyl (C=O) groups excluding carboxylic acids is 1. The molecule has 1 aliphatic rings. The van der Waals surface area contributed by atoms with E-state index >= 15 is 0 Å². The lowest BCUT2D eigenvalue weighted by molar-refractivity contribution is -0.131. The number of nitrogens with one attached hydrogen (secondary N) is 1.